The van der Waals surface area contributed by atoms with Crippen molar-refractivity contribution in [2.75, 3.05) is 38.1 Å². The van der Waals surface area contributed by atoms with Gasteiger partial charge in [-0.2, -0.15) is 13.2 Å². The van der Waals surface area contributed by atoms with Gasteiger partial charge in [0.15, 0.2) is 0 Å². The Morgan fingerprint density at radius 2 is 1.69 bits per heavy atom. The molecule has 2 N–H and O–H groups in total. The lowest BCUT2D eigenvalue weighted by molar-refractivity contribution is -0.262. The zero-order valence-corrected chi connectivity index (χ0v) is 24.8. The van der Waals surface area contributed by atoms with Crippen molar-refractivity contribution < 1.29 is 32.6 Å². The van der Waals surface area contributed by atoms with Crippen LogP contribution in [0.3, 0.4) is 0 Å². The molecule has 1 aromatic carbocycles. The third kappa shape index (κ3) is 6.94. The quantitative estimate of drug-likeness (QED) is 0.400. The summed E-state index contributed by atoms with van der Waals surface area (Å²) in [6.07, 6.45) is -1.54. The Hall–Kier alpha value is -3.05. The van der Waals surface area contributed by atoms with Crippen LogP contribution in [0, 0.1) is 11.8 Å². The number of carbonyl (C=O) groups is 2. The molecule has 2 fully saturated rings. The summed E-state index contributed by atoms with van der Waals surface area (Å²) in [5.74, 6) is -0.0355. The first kappa shape index (κ1) is 31.9. The van der Waals surface area contributed by atoms with Crippen LogP contribution in [0.15, 0.2) is 36.4 Å². The Kier molecular flexibility index (Phi) is 9.92. The van der Waals surface area contributed by atoms with Crippen molar-refractivity contribution in [3.8, 4) is 5.75 Å². The van der Waals surface area contributed by atoms with Crippen LogP contribution < -0.4 is 15.0 Å². The Morgan fingerprint density at radius 3 is 2.24 bits per heavy atom. The van der Waals surface area contributed by atoms with Crippen molar-refractivity contribution in [3.05, 3.63) is 52.7 Å². The fourth-order valence-corrected chi connectivity index (χ4v) is 6.09. The number of aliphatic hydroxyl groups is 1. The van der Waals surface area contributed by atoms with Gasteiger partial charge in [-0.1, -0.05) is 23.7 Å². The van der Waals surface area contributed by atoms with Crippen molar-refractivity contribution in [3.63, 3.8) is 0 Å². The molecule has 230 valence electrons. The molecule has 0 aliphatic carbocycles. The number of pyridine rings is 1. The molecule has 2 amide bonds. The molecular weight excluding hydrogens is 573 g/mol. The number of likely N-dealkylation sites (tertiary alicyclic amines) is 1. The molecule has 0 radical (unpaired) electrons. The van der Waals surface area contributed by atoms with E-state index in [1.807, 2.05) is 0 Å². The highest BCUT2D eigenvalue weighted by Crippen LogP contribution is 2.42. The van der Waals surface area contributed by atoms with Gasteiger partial charge in [0.1, 0.15) is 16.7 Å². The number of carbonyl (C=O) groups excluding carboxylic acids is 2. The first-order valence-corrected chi connectivity index (χ1v) is 14.7. The molecule has 0 spiro atoms. The number of hydrogen-bond donors (Lipinski definition) is 2. The van der Waals surface area contributed by atoms with Crippen LogP contribution in [-0.4, -0.2) is 72.3 Å². The van der Waals surface area contributed by atoms with E-state index in [1.54, 1.807) is 26.0 Å². The van der Waals surface area contributed by atoms with Crippen LogP contribution in [0.25, 0.3) is 0 Å². The summed E-state index contributed by atoms with van der Waals surface area (Å²) >= 11 is 6.22. The molecule has 3 heterocycles. The number of alkyl halides is 3. The molecule has 0 unspecified atom stereocenters. The molecule has 2 aliphatic rings. The largest absolute Gasteiger partial charge is 0.491 e. The van der Waals surface area contributed by atoms with Gasteiger partial charge in [-0.3, -0.25) is 9.59 Å². The van der Waals surface area contributed by atoms with E-state index in [-0.39, 0.29) is 41.9 Å². The number of ether oxygens (including phenoxy) is 1. The number of nitrogens with one attached hydrogen (secondary N) is 1. The van der Waals surface area contributed by atoms with E-state index < -0.39 is 23.2 Å². The van der Waals surface area contributed by atoms with Crippen LogP contribution in [0.4, 0.5) is 19.0 Å². The van der Waals surface area contributed by atoms with Crippen LogP contribution >= 0.6 is 11.6 Å². The molecular formula is C30H38ClF3N4O4. The number of anilines is 1. The van der Waals surface area contributed by atoms with Gasteiger partial charge in [0.2, 0.25) is 0 Å². The lowest BCUT2D eigenvalue weighted by atomic mass is 9.82. The van der Waals surface area contributed by atoms with E-state index in [0.29, 0.717) is 24.3 Å². The summed E-state index contributed by atoms with van der Waals surface area (Å²) < 4.78 is 48.3. The Balaban J connectivity index is 1.32. The molecule has 0 saturated carbocycles. The van der Waals surface area contributed by atoms with Crippen LogP contribution in [0.5, 0.6) is 5.75 Å². The van der Waals surface area contributed by atoms with Crippen molar-refractivity contribution >= 4 is 29.2 Å². The average molecular weight is 611 g/mol. The minimum Gasteiger partial charge on any atom is -0.491 e. The molecule has 2 saturated heterocycles. The maximum absolute atomic E-state index is 14.3. The number of hydrogen-bond acceptors (Lipinski definition) is 6. The zero-order chi connectivity index (χ0) is 30.7. The predicted octanol–water partition coefficient (Wildman–Crippen LogP) is 5.18. The van der Waals surface area contributed by atoms with Gasteiger partial charge < -0.3 is 25.0 Å². The summed E-state index contributed by atoms with van der Waals surface area (Å²) in [6, 6.07) is 8.50. The van der Waals surface area contributed by atoms with Gasteiger partial charge in [0, 0.05) is 38.8 Å². The second kappa shape index (κ2) is 13.1. The summed E-state index contributed by atoms with van der Waals surface area (Å²) in [7, 11) is 1.53. The van der Waals surface area contributed by atoms with Crippen molar-refractivity contribution in [1.29, 1.82) is 0 Å². The zero-order valence-electron chi connectivity index (χ0n) is 24.1. The Labute approximate surface area is 249 Å². The lowest BCUT2D eigenvalue weighted by Crippen LogP contribution is -2.57. The highest BCUT2D eigenvalue weighted by atomic mass is 35.5. The predicted molar refractivity (Wildman–Crippen MR) is 154 cm³/mol. The number of rotatable bonds is 8. The third-order valence-corrected chi connectivity index (χ3v) is 8.44. The fourth-order valence-electron chi connectivity index (χ4n) is 5.85. The minimum absolute atomic E-state index is 0.155. The first-order chi connectivity index (χ1) is 19.8. The topological polar surface area (TPSA) is 95.0 Å². The number of piperidine rings is 2. The van der Waals surface area contributed by atoms with Crippen molar-refractivity contribution in [2.45, 2.75) is 63.8 Å². The smallest absolute Gasteiger partial charge is 0.430 e. The Morgan fingerprint density at radius 1 is 1.07 bits per heavy atom. The van der Waals surface area contributed by atoms with Crippen LogP contribution in [0.1, 0.15) is 61.9 Å². The minimum atomic E-state index is -5.20. The number of halogens is 4. The summed E-state index contributed by atoms with van der Waals surface area (Å²) in [5.41, 5.74) is -3.88. The van der Waals surface area contributed by atoms with Gasteiger partial charge in [-0.05, 0) is 82.1 Å². The summed E-state index contributed by atoms with van der Waals surface area (Å²) in [6.45, 7) is 5.35. The standard InChI is InChI=1S/C30H38ClF3N4O4/c1-19(2)42-23-6-4-5-22(18-23)29(41,30(32,33)34)28(40)38-15-11-21(12-16-38)17-20-9-13-37(14-10-20)25-8-7-24(26(31)36-25)27(39)35-3/h4-8,18-21,41H,9-17H2,1-3H3,(H,35,39)/t29-/m1/s1. The molecule has 12 heteroatoms. The highest BCUT2D eigenvalue weighted by molar-refractivity contribution is 6.32. The van der Waals surface area contributed by atoms with Crippen molar-refractivity contribution in [2.24, 2.45) is 11.8 Å². The molecule has 1 atom stereocenters. The molecule has 0 bridgehead atoms. The van der Waals surface area contributed by atoms with Crippen LogP contribution in [-0.2, 0) is 10.4 Å². The molecule has 4 rings (SSSR count). The fraction of sp³-hybridized carbons (Fsp3) is 0.567. The third-order valence-electron chi connectivity index (χ3n) is 8.16. The lowest BCUT2D eigenvalue weighted by Gasteiger charge is -2.40. The second-order valence-electron chi connectivity index (χ2n) is 11.4. The van der Waals surface area contributed by atoms with E-state index in [2.05, 4.69) is 15.2 Å². The van der Waals surface area contributed by atoms with Gasteiger partial charge in [0.05, 0.1) is 11.7 Å². The van der Waals surface area contributed by atoms with Gasteiger partial charge >= 0.3 is 6.18 Å². The van der Waals surface area contributed by atoms with Gasteiger partial charge in [-0.15, -0.1) is 0 Å². The number of amides is 2. The van der Waals surface area contributed by atoms with E-state index in [1.165, 1.54) is 19.2 Å². The number of nitrogens with zero attached hydrogens (tertiary/aromatic N) is 3. The van der Waals surface area contributed by atoms with E-state index >= 15 is 0 Å². The van der Waals surface area contributed by atoms with Crippen LogP contribution in [0.2, 0.25) is 5.15 Å². The molecule has 2 aromatic rings. The second-order valence-corrected chi connectivity index (χ2v) is 11.7. The molecule has 1 aromatic heterocycles. The van der Waals surface area contributed by atoms with E-state index in [9.17, 15) is 27.9 Å². The maximum atomic E-state index is 14.3. The van der Waals surface area contributed by atoms with E-state index in [4.69, 9.17) is 16.3 Å². The highest BCUT2D eigenvalue weighted by Gasteiger charge is 2.62. The van der Waals surface area contributed by atoms with Crippen molar-refractivity contribution in [1.82, 2.24) is 15.2 Å². The summed E-state index contributed by atoms with van der Waals surface area (Å²) in [5, 5.41) is 13.6. The Bertz CT molecular complexity index is 1260. The summed E-state index contributed by atoms with van der Waals surface area (Å²) in [4.78, 5) is 32.8. The molecule has 42 heavy (non-hydrogen) atoms. The van der Waals surface area contributed by atoms with E-state index in [0.717, 1.165) is 55.2 Å². The average Bonchev–Trinajstić information content (AvgIpc) is 2.96. The normalized spacial score (nSPS) is 18.6. The van der Waals surface area contributed by atoms with Gasteiger partial charge in [0.25, 0.3) is 17.4 Å². The van der Waals surface area contributed by atoms with Gasteiger partial charge in [-0.25, -0.2) is 4.98 Å². The monoisotopic (exact) mass is 610 g/mol. The first-order valence-electron chi connectivity index (χ1n) is 14.3. The number of benzene rings is 1. The SMILES string of the molecule is CNC(=O)c1ccc(N2CCC(CC3CCN(C(=O)[C@](O)(c4cccc(OC(C)C)c4)C(F)(F)F)CC3)CC2)nc1Cl. The number of aromatic nitrogens is 1. The maximum Gasteiger partial charge on any atom is 0.430 e. The molecule has 2 aliphatic heterocycles. The molecule has 8 nitrogen and oxygen atoms in total.